The van der Waals surface area contributed by atoms with E-state index >= 15 is 0 Å². The Kier molecular flexibility index (Phi) is 3.56. The molecule has 2 heterocycles. The fourth-order valence-electron chi connectivity index (χ4n) is 1.93. The lowest BCUT2D eigenvalue weighted by Crippen LogP contribution is -1.99. The highest BCUT2D eigenvalue weighted by atomic mass is 35.5. The van der Waals surface area contributed by atoms with E-state index in [0.717, 1.165) is 0 Å². The lowest BCUT2D eigenvalue weighted by atomic mass is 10.2. The van der Waals surface area contributed by atoms with E-state index in [1.165, 1.54) is 19.4 Å². The maximum atomic E-state index is 11.6. The lowest BCUT2D eigenvalue weighted by Gasteiger charge is -2.05. The number of rotatable bonds is 3. The Labute approximate surface area is 129 Å². The number of hydrogen-bond donors (Lipinski definition) is 1. The van der Waals surface area contributed by atoms with Gasteiger partial charge >= 0.3 is 5.97 Å². The minimum Gasteiger partial charge on any atom is -0.465 e. The molecule has 0 saturated carbocycles. The van der Waals surface area contributed by atoms with Gasteiger partial charge in [-0.3, -0.25) is 0 Å². The van der Waals surface area contributed by atoms with E-state index in [4.69, 9.17) is 26.5 Å². The van der Waals surface area contributed by atoms with Crippen LogP contribution >= 0.6 is 11.6 Å². The number of ether oxygens (including phenoxy) is 2. The SMILES string of the molecule is COC(=O)c1coc2cc(Oc3cc(Cl)nc(N)n3)ccc12. The zero-order valence-electron chi connectivity index (χ0n) is 11.4. The van der Waals surface area contributed by atoms with Gasteiger partial charge in [0.05, 0.1) is 7.11 Å². The molecule has 22 heavy (non-hydrogen) atoms. The molecule has 3 aromatic rings. The van der Waals surface area contributed by atoms with Crippen molar-refractivity contribution >= 4 is 34.5 Å². The van der Waals surface area contributed by atoms with Gasteiger partial charge in [-0.25, -0.2) is 9.78 Å². The van der Waals surface area contributed by atoms with E-state index in [-0.39, 0.29) is 17.0 Å². The highest BCUT2D eigenvalue weighted by molar-refractivity contribution is 6.29. The van der Waals surface area contributed by atoms with Crippen LogP contribution in [0.25, 0.3) is 11.0 Å². The van der Waals surface area contributed by atoms with Gasteiger partial charge in [0.15, 0.2) is 0 Å². The van der Waals surface area contributed by atoms with Gasteiger partial charge < -0.3 is 19.6 Å². The van der Waals surface area contributed by atoms with E-state index < -0.39 is 5.97 Å². The van der Waals surface area contributed by atoms with Crippen LogP contribution in [-0.2, 0) is 4.74 Å². The standard InChI is InChI=1S/C14H10ClN3O4/c1-20-13(19)9-6-21-10-4-7(2-3-8(9)10)22-12-5-11(15)17-14(16)18-12/h2-6H,1H3,(H2,16,17,18). The number of carbonyl (C=O) groups excluding carboxylic acids is 1. The first kappa shape index (κ1) is 14.2. The number of aromatic nitrogens is 2. The summed E-state index contributed by atoms with van der Waals surface area (Å²) in [5.74, 6) is 0.196. The van der Waals surface area contributed by atoms with Gasteiger partial charge in [0.2, 0.25) is 11.8 Å². The fourth-order valence-corrected chi connectivity index (χ4v) is 2.11. The van der Waals surface area contributed by atoms with Crippen LogP contribution in [0.4, 0.5) is 5.95 Å². The number of hydrogen-bond acceptors (Lipinski definition) is 7. The second-order valence-electron chi connectivity index (χ2n) is 4.29. The average molecular weight is 320 g/mol. The smallest absolute Gasteiger partial charge is 0.341 e. The maximum Gasteiger partial charge on any atom is 0.341 e. The largest absolute Gasteiger partial charge is 0.465 e. The quantitative estimate of drug-likeness (QED) is 0.585. The van der Waals surface area contributed by atoms with Crippen LogP contribution in [-0.4, -0.2) is 23.0 Å². The van der Waals surface area contributed by atoms with Crippen molar-refractivity contribution < 1.29 is 18.7 Å². The lowest BCUT2D eigenvalue weighted by molar-refractivity contribution is 0.0602. The van der Waals surface area contributed by atoms with Crippen LogP contribution in [0.2, 0.25) is 5.15 Å². The molecule has 2 aromatic heterocycles. The first-order chi connectivity index (χ1) is 10.6. The molecule has 0 spiro atoms. The molecule has 2 N–H and O–H groups in total. The molecular formula is C14H10ClN3O4. The minimum atomic E-state index is -0.470. The normalized spacial score (nSPS) is 10.6. The van der Waals surface area contributed by atoms with Crippen molar-refractivity contribution in [2.45, 2.75) is 0 Å². The molecule has 0 aliphatic carbocycles. The van der Waals surface area contributed by atoms with Crippen LogP contribution in [0.5, 0.6) is 11.6 Å². The van der Waals surface area contributed by atoms with Crippen molar-refractivity contribution in [1.82, 2.24) is 9.97 Å². The molecule has 0 radical (unpaired) electrons. The summed E-state index contributed by atoms with van der Waals surface area (Å²) >= 11 is 5.78. The van der Waals surface area contributed by atoms with Crippen molar-refractivity contribution in [3.05, 3.63) is 41.2 Å². The Balaban J connectivity index is 1.94. The van der Waals surface area contributed by atoms with Gasteiger partial charge in [-0.15, -0.1) is 0 Å². The molecule has 0 aliphatic heterocycles. The number of fused-ring (bicyclic) bond motifs is 1. The molecule has 8 heteroatoms. The topological polar surface area (TPSA) is 100 Å². The highest BCUT2D eigenvalue weighted by Crippen LogP contribution is 2.29. The van der Waals surface area contributed by atoms with Crippen molar-refractivity contribution in [3.8, 4) is 11.6 Å². The zero-order valence-corrected chi connectivity index (χ0v) is 12.1. The molecule has 0 atom stereocenters. The average Bonchev–Trinajstić information content (AvgIpc) is 2.88. The van der Waals surface area contributed by atoms with E-state index in [9.17, 15) is 4.79 Å². The summed E-state index contributed by atoms with van der Waals surface area (Å²) in [6, 6.07) is 6.40. The van der Waals surface area contributed by atoms with Crippen molar-refractivity contribution in [1.29, 1.82) is 0 Å². The number of halogens is 1. The summed E-state index contributed by atoms with van der Waals surface area (Å²) in [7, 11) is 1.31. The number of methoxy groups -OCH3 is 1. The summed E-state index contributed by atoms with van der Waals surface area (Å²) in [5, 5.41) is 0.800. The van der Waals surface area contributed by atoms with E-state index in [1.54, 1.807) is 18.2 Å². The van der Waals surface area contributed by atoms with Gasteiger partial charge in [-0.1, -0.05) is 11.6 Å². The monoisotopic (exact) mass is 319 g/mol. The molecule has 0 fully saturated rings. The number of furan rings is 1. The molecule has 0 bridgehead atoms. The van der Waals surface area contributed by atoms with Gasteiger partial charge in [0.1, 0.15) is 28.3 Å². The number of nitrogens with zero attached hydrogens (tertiary/aromatic N) is 2. The predicted octanol–water partition coefficient (Wildman–Crippen LogP) is 3.04. The van der Waals surface area contributed by atoms with Crippen molar-refractivity contribution in [2.24, 2.45) is 0 Å². The molecule has 3 rings (SSSR count). The Bertz CT molecular complexity index is 842. The van der Waals surface area contributed by atoms with Crippen molar-refractivity contribution in [3.63, 3.8) is 0 Å². The summed E-state index contributed by atoms with van der Waals surface area (Å²) < 4.78 is 15.6. The Morgan fingerprint density at radius 1 is 1.32 bits per heavy atom. The molecule has 0 unspecified atom stereocenters. The molecule has 112 valence electrons. The van der Waals surface area contributed by atoms with Crippen LogP contribution in [0.3, 0.4) is 0 Å². The van der Waals surface area contributed by atoms with E-state index in [1.807, 2.05) is 0 Å². The number of nitrogens with two attached hydrogens (primary N) is 1. The minimum absolute atomic E-state index is 0.00885. The number of carbonyl (C=O) groups is 1. The number of esters is 1. The first-order valence-electron chi connectivity index (χ1n) is 6.14. The van der Waals surface area contributed by atoms with Gasteiger partial charge in [-0.05, 0) is 12.1 Å². The van der Waals surface area contributed by atoms with Gasteiger partial charge in [0.25, 0.3) is 0 Å². The van der Waals surface area contributed by atoms with E-state index in [2.05, 4.69) is 14.7 Å². The molecule has 0 amide bonds. The second kappa shape index (κ2) is 5.53. The Morgan fingerprint density at radius 2 is 2.14 bits per heavy atom. The van der Waals surface area contributed by atoms with Crippen molar-refractivity contribution in [2.75, 3.05) is 12.8 Å². The molecular weight excluding hydrogens is 310 g/mol. The first-order valence-corrected chi connectivity index (χ1v) is 6.52. The summed E-state index contributed by atoms with van der Waals surface area (Å²) in [6.07, 6.45) is 1.33. The van der Waals surface area contributed by atoms with Gasteiger partial charge in [-0.2, -0.15) is 4.98 Å². The Hall–Kier alpha value is -2.80. The maximum absolute atomic E-state index is 11.6. The third-order valence-corrected chi connectivity index (χ3v) is 3.06. The number of anilines is 1. The molecule has 7 nitrogen and oxygen atoms in total. The summed E-state index contributed by atoms with van der Waals surface area (Å²) in [4.78, 5) is 19.2. The number of benzene rings is 1. The van der Waals surface area contributed by atoms with Crippen LogP contribution in [0.1, 0.15) is 10.4 Å². The molecule has 1 aromatic carbocycles. The molecule has 0 aliphatic rings. The third-order valence-electron chi connectivity index (χ3n) is 2.86. The van der Waals surface area contributed by atoms with Gasteiger partial charge in [0, 0.05) is 17.5 Å². The van der Waals surface area contributed by atoms with Crippen LogP contribution < -0.4 is 10.5 Å². The van der Waals surface area contributed by atoms with Crippen LogP contribution in [0.15, 0.2) is 34.9 Å². The summed E-state index contributed by atoms with van der Waals surface area (Å²) in [5.41, 5.74) is 6.32. The summed E-state index contributed by atoms with van der Waals surface area (Å²) in [6.45, 7) is 0. The predicted molar refractivity (Wildman–Crippen MR) is 79.1 cm³/mol. The Morgan fingerprint density at radius 3 is 2.86 bits per heavy atom. The second-order valence-corrected chi connectivity index (χ2v) is 4.68. The van der Waals surface area contributed by atoms with E-state index in [0.29, 0.717) is 22.3 Å². The van der Waals surface area contributed by atoms with Crippen LogP contribution in [0, 0.1) is 0 Å². The highest BCUT2D eigenvalue weighted by Gasteiger charge is 2.15. The number of nitrogen functional groups attached to an aromatic ring is 1. The zero-order chi connectivity index (χ0) is 15.7. The third kappa shape index (κ3) is 2.66. The fraction of sp³-hybridized carbons (Fsp3) is 0.0714. The molecule has 0 saturated heterocycles.